The summed E-state index contributed by atoms with van der Waals surface area (Å²) in [6, 6.07) is 16.7. The Hall–Kier alpha value is -3.12. The molecule has 25 heavy (non-hydrogen) atoms. The summed E-state index contributed by atoms with van der Waals surface area (Å²) < 4.78 is 16.7. The van der Waals surface area contributed by atoms with E-state index in [0.717, 1.165) is 16.5 Å². The molecule has 1 aliphatic heterocycles. The van der Waals surface area contributed by atoms with Crippen LogP contribution in [0.25, 0.3) is 10.8 Å². The highest BCUT2D eigenvalue weighted by Gasteiger charge is 2.21. The molecule has 0 unspecified atom stereocenters. The second kappa shape index (κ2) is 6.41. The molecule has 6 heteroatoms. The molecule has 0 aromatic heterocycles. The number of benzene rings is 3. The van der Waals surface area contributed by atoms with E-state index in [1.165, 1.54) is 12.1 Å². The summed E-state index contributed by atoms with van der Waals surface area (Å²) in [5.41, 5.74) is 1.31. The van der Waals surface area contributed by atoms with E-state index in [2.05, 4.69) is 0 Å². The van der Waals surface area contributed by atoms with E-state index in [-0.39, 0.29) is 25.7 Å². The lowest BCUT2D eigenvalue weighted by atomic mass is 10.1. The molecule has 0 saturated heterocycles. The molecule has 0 saturated carbocycles. The molecular weight excluding hydrogens is 322 g/mol. The second-order valence-corrected chi connectivity index (χ2v) is 5.73. The van der Waals surface area contributed by atoms with E-state index in [0.29, 0.717) is 16.9 Å². The fourth-order valence-corrected chi connectivity index (χ4v) is 2.97. The minimum absolute atomic E-state index is 0.00405. The van der Waals surface area contributed by atoms with Crippen LogP contribution in [-0.2, 0) is 18.0 Å². The molecule has 0 aliphatic carbocycles. The highest BCUT2D eigenvalue weighted by molar-refractivity contribution is 5.88. The predicted molar refractivity (Wildman–Crippen MR) is 91.7 cm³/mol. The molecule has 126 valence electrons. The first kappa shape index (κ1) is 15.4. The van der Waals surface area contributed by atoms with Gasteiger partial charge in [0.1, 0.15) is 18.1 Å². The van der Waals surface area contributed by atoms with E-state index in [1.54, 1.807) is 0 Å². The zero-order valence-electron chi connectivity index (χ0n) is 13.3. The number of nitro groups is 1. The molecule has 3 aromatic carbocycles. The summed E-state index contributed by atoms with van der Waals surface area (Å²) in [5.74, 6) is 1.34. The van der Waals surface area contributed by atoms with Crippen molar-refractivity contribution in [2.75, 3.05) is 6.79 Å². The van der Waals surface area contributed by atoms with Gasteiger partial charge in [0, 0.05) is 28.6 Å². The molecular formula is C19H15NO5. The Labute approximate surface area is 143 Å². The number of nitro benzene ring substituents is 1. The highest BCUT2D eigenvalue weighted by Crippen LogP contribution is 2.34. The minimum atomic E-state index is -0.420. The van der Waals surface area contributed by atoms with Gasteiger partial charge in [-0.2, -0.15) is 0 Å². The summed E-state index contributed by atoms with van der Waals surface area (Å²) in [5, 5.41) is 13.2. The smallest absolute Gasteiger partial charge is 0.270 e. The molecule has 0 atom stereocenters. The van der Waals surface area contributed by atoms with Crippen LogP contribution in [0.1, 0.15) is 11.1 Å². The van der Waals surface area contributed by atoms with Gasteiger partial charge in [0.25, 0.3) is 5.69 Å². The number of hydrogen-bond acceptors (Lipinski definition) is 5. The summed E-state index contributed by atoms with van der Waals surface area (Å²) in [6.45, 7) is 0.600. The van der Waals surface area contributed by atoms with Gasteiger partial charge in [-0.05, 0) is 11.5 Å². The summed E-state index contributed by atoms with van der Waals surface area (Å²) >= 11 is 0. The zero-order chi connectivity index (χ0) is 17.2. The van der Waals surface area contributed by atoms with Crippen molar-refractivity contribution < 1.29 is 19.1 Å². The van der Waals surface area contributed by atoms with E-state index < -0.39 is 4.92 Å². The Kier molecular flexibility index (Phi) is 3.95. The number of nitrogens with zero attached hydrogens (tertiary/aromatic N) is 1. The molecule has 0 amide bonds. The first-order valence-corrected chi connectivity index (χ1v) is 7.83. The van der Waals surface area contributed by atoms with Gasteiger partial charge in [0.2, 0.25) is 0 Å². The van der Waals surface area contributed by atoms with E-state index in [9.17, 15) is 10.1 Å². The Morgan fingerprint density at radius 2 is 1.96 bits per heavy atom. The third-order valence-electron chi connectivity index (χ3n) is 4.12. The second-order valence-electron chi connectivity index (χ2n) is 5.73. The molecule has 6 nitrogen and oxygen atoms in total. The topological polar surface area (TPSA) is 70.8 Å². The van der Waals surface area contributed by atoms with Crippen molar-refractivity contribution in [2.24, 2.45) is 0 Å². The summed E-state index contributed by atoms with van der Waals surface area (Å²) in [7, 11) is 0. The minimum Gasteiger partial charge on any atom is -0.488 e. The fraction of sp³-hybridized carbons (Fsp3) is 0.158. The van der Waals surface area contributed by atoms with Crippen LogP contribution in [0.5, 0.6) is 11.5 Å². The lowest BCUT2D eigenvalue weighted by molar-refractivity contribution is -0.385. The van der Waals surface area contributed by atoms with Crippen molar-refractivity contribution >= 4 is 16.5 Å². The number of rotatable bonds is 4. The van der Waals surface area contributed by atoms with Crippen molar-refractivity contribution in [2.45, 2.75) is 13.2 Å². The average molecular weight is 337 g/mol. The van der Waals surface area contributed by atoms with Crippen LogP contribution in [0.15, 0.2) is 54.6 Å². The van der Waals surface area contributed by atoms with Crippen LogP contribution in [-0.4, -0.2) is 11.7 Å². The summed E-state index contributed by atoms with van der Waals surface area (Å²) in [4.78, 5) is 10.8. The monoisotopic (exact) mass is 337 g/mol. The third kappa shape index (κ3) is 2.99. The largest absolute Gasteiger partial charge is 0.488 e. The fourth-order valence-electron chi connectivity index (χ4n) is 2.97. The normalized spacial score (nSPS) is 13.1. The molecule has 0 spiro atoms. The van der Waals surface area contributed by atoms with Crippen molar-refractivity contribution in [1.29, 1.82) is 0 Å². The lowest BCUT2D eigenvalue weighted by Crippen LogP contribution is -2.14. The van der Waals surface area contributed by atoms with Crippen LogP contribution in [0.3, 0.4) is 0 Å². The van der Waals surface area contributed by atoms with E-state index >= 15 is 0 Å². The van der Waals surface area contributed by atoms with Gasteiger partial charge >= 0.3 is 0 Å². The predicted octanol–water partition coefficient (Wildman–Crippen LogP) is 4.19. The van der Waals surface area contributed by atoms with Crippen molar-refractivity contribution in [3.05, 3.63) is 75.8 Å². The maximum absolute atomic E-state index is 11.2. The van der Waals surface area contributed by atoms with Crippen LogP contribution in [0.2, 0.25) is 0 Å². The van der Waals surface area contributed by atoms with Crippen LogP contribution in [0, 0.1) is 10.1 Å². The van der Waals surface area contributed by atoms with Gasteiger partial charge in [0.15, 0.2) is 6.79 Å². The zero-order valence-corrected chi connectivity index (χ0v) is 13.3. The SMILES string of the molecule is O=[N+]([O-])c1cc2c(c(COc3cccc4ccccc34)c1)OCOC2. The van der Waals surface area contributed by atoms with Gasteiger partial charge in [0.05, 0.1) is 11.5 Å². The van der Waals surface area contributed by atoms with Gasteiger partial charge in [-0.1, -0.05) is 36.4 Å². The Bertz CT molecular complexity index is 948. The molecule has 3 aromatic rings. The molecule has 0 N–H and O–H groups in total. The summed E-state index contributed by atoms with van der Waals surface area (Å²) in [6.07, 6.45) is 0. The van der Waals surface area contributed by atoms with Crippen LogP contribution in [0.4, 0.5) is 5.69 Å². The Balaban J connectivity index is 1.68. The molecule has 0 radical (unpaired) electrons. The van der Waals surface area contributed by atoms with Gasteiger partial charge in [-0.25, -0.2) is 0 Å². The standard InChI is InChI=1S/C19H15NO5/c21-20(22)16-8-14-10-23-12-25-19(14)15(9-16)11-24-18-7-3-5-13-4-1-2-6-17(13)18/h1-9H,10-12H2. The number of ether oxygens (including phenoxy) is 3. The quantitative estimate of drug-likeness (QED) is 0.527. The van der Waals surface area contributed by atoms with Gasteiger partial charge in [-0.15, -0.1) is 0 Å². The first-order chi connectivity index (χ1) is 12.2. The van der Waals surface area contributed by atoms with Crippen molar-refractivity contribution in [3.63, 3.8) is 0 Å². The number of non-ortho nitro benzene ring substituents is 1. The molecule has 0 bridgehead atoms. The Morgan fingerprint density at radius 3 is 2.84 bits per heavy atom. The number of hydrogen-bond donors (Lipinski definition) is 0. The molecule has 1 heterocycles. The van der Waals surface area contributed by atoms with E-state index in [1.807, 2.05) is 42.5 Å². The van der Waals surface area contributed by atoms with Crippen LogP contribution < -0.4 is 9.47 Å². The lowest BCUT2D eigenvalue weighted by Gasteiger charge is -2.20. The first-order valence-electron chi connectivity index (χ1n) is 7.83. The maximum Gasteiger partial charge on any atom is 0.270 e. The molecule has 1 aliphatic rings. The van der Waals surface area contributed by atoms with Crippen molar-refractivity contribution in [1.82, 2.24) is 0 Å². The Morgan fingerprint density at radius 1 is 1.12 bits per heavy atom. The number of fused-ring (bicyclic) bond motifs is 2. The molecule has 4 rings (SSSR count). The highest BCUT2D eigenvalue weighted by atomic mass is 16.7. The van der Waals surface area contributed by atoms with Gasteiger partial charge < -0.3 is 14.2 Å². The third-order valence-corrected chi connectivity index (χ3v) is 4.12. The average Bonchev–Trinajstić information content (AvgIpc) is 2.65. The van der Waals surface area contributed by atoms with Crippen molar-refractivity contribution in [3.8, 4) is 11.5 Å². The molecule has 0 fully saturated rings. The van der Waals surface area contributed by atoms with Crippen LogP contribution >= 0.6 is 0 Å². The maximum atomic E-state index is 11.2. The van der Waals surface area contributed by atoms with E-state index in [4.69, 9.17) is 14.2 Å². The van der Waals surface area contributed by atoms with Gasteiger partial charge in [-0.3, -0.25) is 10.1 Å².